The fourth-order valence-corrected chi connectivity index (χ4v) is 3.76. The minimum atomic E-state index is -0.846. The van der Waals surface area contributed by atoms with E-state index in [9.17, 15) is 19.2 Å². The van der Waals surface area contributed by atoms with E-state index in [4.69, 9.17) is 13.9 Å². The lowest BCUT2D eigenvalue weighted by Crippen LogP contribution is -2.47. The molecule has 2 aromatic carbocycles. The average Bonchev–Trinajstić information content (AvgIpc) is 3.38. The van der Waals surface area contributed by atoms with Crippen molar-refractivity contribution in [2.75, 3.05) is 26.8 Å². The minimum absolute atomic E-state index is 0.107. The molecule has 39 heavy (non-hydrogen) atoms. The number of nitrogens with one attached hydrogen (secondary N) is 3. The van der Waals surface area contributed by atoms with Crippen molar-refractivity contribution in [3.8, 4) is 0 Å². The number of esters is 1. The average molecular weight is 538 g/mol. The lowest BCUT2D eigenvalue weighted by Gasteiger charge is -2.18. The van der Waals surface area contributed by atoms with E-state index in [1.807, 2.05) is 32.0 Å². The van der Waals surface area contributed by atoms with Gasteiger partial charge in [0.1, 0.15) is 11.6 Å². The zero-order chi connectivity index (χ0) is 28.2. The van der Waals surface area contributed by atoms with Crippen LogP contribution >= 0.6 is 0 Å². The molecule has 10 heteroatoms. The predicted octanol–water partition coefficient (Wildman–Crippen LogP) is 3.84. The highest BCUT2D eigenvalue weighted by Crippen LogP contribution is 2.19. The number of hydrogen-bond acceptors (Lipinski definition) is 7. The quantitative estimate of drug-likeness (QED) is 0.223. The molecule has 0 aliphatic heterocycles. The maximum atomic E-state index is 13.0. The van der Waals surface area contributed by atoms with Crippen molar-refractivity contribution in [2.24, 2.45) is 5.92 Å². The molecule has 0 unspecified atom stereocenters. The Bertz CT molecular complexity index is 1230. The molecule has 0 fully saturated rings. The SMILES string of the molecule is COC(=O)c1ccc(CCNC(=O)[C@H](CCCNC(=O)OCC(C)C)NC(=O)c2cc3ccccc3o2)cc1. The highest BCUT2D eigenvalue weighted by Gasteiger charge is 2.23. The van der Waals surface area contributed by atoms with Gasteiger partial charge in [-0.15, -0.1) is 0 Å². The van der Waals surface area contributed by atoms with E-state index >= 15 is 0 Å². The third-order valence-electron chi connectivity index (χ3n) is 5.85. The first kappa shape index (κ1) is 29.2. The second-order valence-electron chi connectivity index (χ2n) is 9.47. The summed E-state index contributed by atoms with van der Waals surface area (Å²) >= 11 is 0. The number of methoxy groups -OCH3 is 1. The molecule has 1 heterocycles. The van der Waals surface area contributed by atoms with Gasteiger partial charge in [0.05, 0.1) is 19.3 Å². The van der Waals surface area contributed by atoms with Crippen molar-refractivity contribution >= 4 is 34.8 Å². The molecule has 3 N–H and O–H groups in total. The highest BCUT2D eigenvalue weighted by molar-refractivity contribution is 5.98. The second-order valence-corrected chi connectivity index (χ2v) is 9.47. The lowest BCUT2D eigenvalue weighted by molar-refractivity contribution is -0.123. The molecule has 0 saturated heterocycles. The van der Waals surface area contributed by atoms with Crippen molar-refractivity contribution in [3.05, 3.63) is 71.5 Å². The standard InChI is InChI=1S/C29H35N3O7/c1-19(2)18-38-29(36)31-15-6-8-23(32-27(34)25-17-22-7-4-5-9-24(22)39-25)26(33)30-16-14-20-10-12-21(13-11-20)28(35)37-3/h4-5,7,9-13,17,19,23H,6,8,14-16,18H2,1-3H3,(H,30,33)(H,31,36)(H,32,34)/t23-/m0/s1. The number of benzene rings is 2. The van der Waals surface area contributed by atoms with Gasteiger partial charge in [-0.2, -0.15) is 0 Å². The van der Waals surface area contributed by atoms with E-state index in [1.165, 1.54) is 7.11 Å². The number of amides is 3. The number of rotatable bonds is 13. The van der Waals surface area contributed by atoms with Crippen molar-refractivity contribution < 1.29 is 33.1 Å². The van der Waals surface area contributed by atoms with Crippen LogP contribution in [-0.4, -0.2) is 56.7 Å². The lowest BCUT2D eigenvalue weighted by atomic mass is 10.1. The maximum absolute atomic E-state index is 13.0. The van der Waals surface area contributed by atoms with Gasteiger partial charge in [0.2, 0.25) is 5.91 Å². The van der Waals surface area contributed by atoms with Crippen LogP contribution in [0.3, 0.4) is 0 Å². The van der Waals surface area contributed by atoms with Gasteiger partial charge in [-0.25, -0.2) is 9.59 Å². The first-order valence-electron chi connectivity index (χ1n) is 12.9. The summed E-state index contributed by atoms with van der Waals surface area (Å²) in [5, 5.41) is 9.06. The Hall–Kier alpha value is -4.34. The normalized spacial score (nSPS) is 11.6. The maximum Gasteiger partial charge on any atom is 0.407 e. The van der Waals surface area contributed by atoms with Gasteiger partial charge in [-0.1, -0.05) is 44.2 Å². The molecular formula is C29H35N3O7. The van der Waals surface area contributed by atoms with E-state index in [0.717, 1.165) is 10.9 Å². The Morgan fingerprint density at radius 1 is 0.949 bits per heavy atom. The summed E-state index contributed by atoms with van der Waals surface area (Å²) in [6.07, 6.45) is 0.732. The van der Waals surface area contributed by atoms with Crippen LogP contribution in [0.2, 0.25) is 0 Å². The second kappa shape index (κ2) is 14.6. The third kappa shape index (κ3) is 9.17. The minimum Gasteiger partial charge on any atom is -0.465 e. The molecule has 3 amide bonds. The largest absolute Gasteiger partial charge is 0.465 e. The Balaban J connectivity index is 1.57. The molecule has 3 rings (SSSR count). The van der Waals surface area contributed by atoms with E-state index in [1.54, 1.807) is 36.4 Å². The van der Waals surface area contributed by atoms with Gasteiger partial charge in [-0.3, -0.25) is 9.59 Å². The van der Waals surface area contributed by atoms with Gasteiger partial charge in [-0.05, 0) is 55.0 Å². The Labute approximate surface area is 227 Å². The molecule has 0 spiro atoms. The fourth-order valence-electron chi connectivity index (χ4n) is 3.76. The van der Waals surface area contributed by atoms with Crippen LogP contribution in [-0.2, 0) is 20.7 Å². The van der Waals surface area contributed by atoms with Gasteiger partial charge in [0.25, 0.3) is 5.91 Å². The Kier molecular flexibility index (Phi) is 10.9. The molecular weight excluding hydrogens is 502 g/mol. The Morgan fingerprint density at radius 2 is 1.69 bits per heavy atom. The summed E-state index contributed by atoms with van der Waals surface area (Å²) < 4.78 is 15.4. The van der Waals surface area contributed by atoms with Crippen molar-refractivity contribution in [3.63, 3.8) is 0 Å². The predicted molar refractivity (Wildman–Crippen MR) is 145 cm³/mol. The number of carbonyl (C=O) groups is 4. The topological polar surface area (TPSA) is 136 Å². The Morgan fingerprint density at radius 3 is 2.38 bits per heavy atom. The van der Waals surface area contributed by atoms with E-state index in [-0.39, 0.29) is 30.6 Å². The first-order chi connectivity index (χ1) is 18.8. The highest BCUT2D eigenvalue weighted by atomic mass is 16.5. The molecule has 1 aromatic heterocycles. The number of carbonyl (C=O) groups excluding carboxylic acids is 4. The zero-order valence-electron chi connectivity index (χ0n) is 22.5. The summed E-state index contributed by atoms with van der Waals surface area (Å²) in [5.74, 6) is -0.944. The van der Waals surface area contributed by atoms with Crippen LogP contribution < -0.4 is 16.0 Å². The first-order valence-corrected chi connectivity index (χ1v) is 12.9. The van der Waals surface area contributed by atoms with Crippen molar-refractivity contribution in [1.29, 1.82) is 0 Å². The molecule has 3 aromatic rings. The van der Waals surface area contributed by atoms with E-state index in [0.29, 0.717) is 37.1 Å². The smallest absolute Gasteiger partial charge is 0.407 e. The molecule has 208 valence electrons. The van der Waals surface area contributed by atoms with Crippen LogP contribution in [0.4, 0.5) is 4.79 Å². The monoisotopic (exact) mass is 537 g/mol. The summed E-state index contributed by atoms with van der Waals surface area (Å²) in [6.45, 7) is 4.81. The van der Waals surface area contributed by atoms with Gasteiger partial charge < -0.3 is 29.8 Å². The molecule has 10 nitrogen and oxygen atoms in total. The van der Waals surface area contributed by atoms with Crippen molar-refractivity contribution in [2.45, 2.75) is 39.2 Å². The van der Waals surface area contributed by atoms with Gasteiger partial charge in [0, 0.05) is 18.5 Å². The number of fused-ring (bicyclic) bond motifs is 1. The summed E-state index contributed by atoms with van der Waals surface area (Å²) in [5.41, 5.74) is 1.95. The van der Waals surface area contributed by atoms with Crippen LogP contribution in [0, 0.1) is 5.92 Å². The summed E-state index contributed by atoms with van der Waals surface area (Å²) in [6, 6.07) is 15.0. The summed E-state index contributed by atoms with van der Waals surface area (Å²) in [7, 11) is 1.32. The number of hydrogen-bond donors (Lipinski definition) is 3. The molecule has 0 aliphatic carbocycles. The molecule has 0 aliphatic rings. The number of alkyl carbamates (subject to hydrolysis) is 1. The molecule has 0 bridgehead atoms. The molecule has 0 radical (unpaired) electrons. The molecule has 1 atom stereocenters. The number of para-hydroxylation sites is 1. The van der Waals surface area contributed by atoms with Crippen LogP contribution in [0.25, 0.3) is 11.0 Å². The van der Waals surface area contributed by atoms with E-state index in [2.05, 4.69) is 16.0 Å². The van der Waals surface area contributed by atoms with Crippen LogP contribution in [0.1, 0.15) is 53.2 Å². The van der Waals surface area contributed by atoms with Gasteiger partial charge in [0.15, 0.2) is 5.76 Å². The fraction of sp³-hybridized carbons (Fsp3) is 0.379. The van der Waals surface area contributed by atoms with Crippen LogP contribution in [0.5, 0.6) is 0 Å². The van der Waals surface area contributed by atoms with Crippen LogP contribution in [0.15, 0.2) is 59.0 Å². The number of ether oxygens (including phenoxy) is 2. The van der Waals surface area contributed by atoms with E-state index < -0.39 is 24.0 Å². The summed E-state index contributed by atoms with van der Waals surface area (Å²) in [4.78, 5) is 49.3. The third-order valence-corrected chi connectivity index (χ3v) is 5.85. The van der Waals surface area contributed by atoms with Crippen molar-refractivity contribution in [1.82, 2.24) is 16.0 Å². The molecule has 0 saturated carbocycles. The number of furan rings is 1. The zero-order valence-corrected chi connectivity index (χ0v) is 22.5. The van der Waals surface area contributed by atoms with Gasteiger partial charge >= 0.3 is 12.1 Å².